The molecule has 11 heteroatoms. The number of rotatable bonds is 13. The maximum absolute atomic E-state index is 13.5. The van der Waals surface area contributed by atoms with Crippen molar-refractivity contribution in [2.75, 3.05) is 6.54 Å². The monoisotopic (exact) mass is 539 g/mol. The van der Waals surface area contributed by atoms with Crippen LogP contribution < -0.4 is 21.3 Å². The molecule has 39 heavy (non-hydrogen) atoms. The Labute approximate surface area is 226 Å². The standard InChI is InChI=1S/C28H34FN5O5/c1-17(2)25(34-26(37)20-12-21(29)15-30-14-20)28(39)33-23(10-18-6-4-3-5-7-18)27(38)32-22(16-35)9-8-19-11-24(36)31-13-19/h3-7,12,14-17,19,22-23,25H,8-11,13H2,1-2H3,(H,31,36)(H,32,38)(H,33,39)(H,34,37)/t19?,22-,23-,25-/m0/s1. The van der Waals surface area contributed by atoms with E-state index in [0.717, 1.165) is 17.8 Å². The molecule has 1 aliphatic heterocycles. The summed E-state index contributed by atoms with van der Waals surface area (Å²) < 4.78 is 13.5. The van der Waals surface area contributed by atoms with Crippen LogP contribution in [0.5, 0.6) is 0 Å². The van der Waals surface area contributed by atoms with Gasteiger partial charge in [0.15, 0.2) is 0 Å². The fourth-order valence-electron chi connectivity index (χ4n) is 4.36. The summed E-state index contributed by atoms with van der Waals surface area (Å²) in [7, 11) is 0. The average Bonchev–Trinajstić information content (AvgIpc) is 3.34. The number of nitrogens with zero attached hydrogens (tertiary/aromatic N) is 1. The summed E-state index contributed by atoms with van der Waals surface area (Å²) in [6, 6.07) is 7.23. The van der Waals surface area contributed by atoms with Gasteiger partial charge in [0.05, 0.1) is 17.8 Å². The van der Waals surface area contributed by atoms with E-state index in [1.165, 1.54) is 6.20 Å². The number of benzene rings is 1. The van der Waals surface area contributed by atoms with Crippen LogP contribution in [0.1, 0.15) is 49.0 Å². The molecule has 1 aromatic heterocycles. The first-order valence-electron chi connectivity index (χ1n) is 12.9. The third-order valence-electron chi connectivity index (χ3n) is 6.56. The van der Waals surface area contributed by atoms with E-state index in [0.29, 0.717) is 32.1 Å². The molecule has 10 nitrogen and oxygen atoms in total. The fraction of sp³-hybridized carbons (Fsp3) is 0.429. The summed E-state index contributed by atoms with van der Waals surface area (Å²) in [5.74, 6) is -2.81. The average molecular weight is 540 g/mol. The number of carbonyl (C=O) groups is 5. The SMILES string of the molecule is CC(C)[C@H](NC(=O)c1cncc(F)c1)C(=O)N[C@@H](Cc1ccccc1)C(=O)N[C@H](C=O)CCC1CNC(=O)C1. The molecule has 4 atom stereocenters. The van der Waals surface area contributed by atoms with Crippen LogP contribution >= 0.6 is 0 Å². The summed E-state index contributed by atoms with van der Waals surface area (Å²) in [5, 5.41) is 10.8. The molecular formula is C28H34FN5O5. The Bertz CT molecular complexity index is 1180. The summed E-state index contributed by atoms with van der Waals surface area (Å²) in [4.78, 5) is 66.1. The molecule has 1 fully saturated rings. The Morgan fingerprint density at radius 2 is 1.85 bits per heavy atom. The van der Waals surface area contributed by atoms with Gasteiger partial charge in [0.25, 0.3) is 5.91 Å². The maximum Gasteiger partial charge on any atom is 0.253 e. The van der Waals surface area contributed by atoms with E-state index in [9.17, 15) is 28.4 Å². The van der Waals surface area contributed by atoms with Crippen molar-refractivity contribution < 1.29 is 28.4 Å². The minimum atomic E-state index is -1.04. The molecule has 4 N–H and O–H groups in total. The van der Waals surface area contributed by atoms with Crippen molar-refractivity contribution in [3.05, 3.63) is 65.7 Å². The van der Waals surface area contributed by atoms with Crippen molar-refractivity contribution in [1.82, 2.24) is 26.3 Å². The third kappa shape index (κ3) is 8.98. The van der Waals surface area contributed by atoms with Gasteiger partial charge in [-0.05, 0) is 36.3 Å². The highest BCUT2D eigenvalue weighted by atomic mass is 19.1. The Kier molecular flexibility index (Phi) is 10.7. The van der Waals surface area contributed by atoms with E-state index >= 15 is 0 Å². The lowest BCUT2D eigenvalue weighted by molar-refractivity contribution is -0.131. The number of hydrogen-bond donors (Lipinski definition) is 4. The summed E-state index contributed by atoms with van der Waals surface area (Å²) >= 11 is 0. The van der Waals surface area contributed by atoms with Gasteiger partial charge in [-0.3, -0.25) is 24.2 Å². The maximum atomic E-state index is 13.5. The zero-order valence-electron chi connectivity index (χ0n) is 22.0. The predicted molar refractivity (Wildman–Crippen MR) is 141 cm³/mol. The molecule has 0 radical (unpaired) electrons. The molecule has 1 aliphatic rings. The van der Waals surface area contributed by atoms with Crippen molar-refractivity contribution in [1.29, 1.82) is 0 Å². The minimum Gasteiger partial charge on any atom is -0.356 e. The number of aldehydes is 1. The van der Waals surface area contributed by atoms with Gasteiger partial charge < -0.3 is 26.1 Å². The molecule has 1 aromatic carbocycles. The lowest BCUT2D eigenvalue weighted by Gasteiger charge is -2.26. The molecule has 0 spiro atoms. The van der Waals surface area contributed by atoms with Crippen LogP contribution in [0.25, 0.3) is 0 Å². The summed E-state index contributed by atoms with van der Waals surface area (Å²) in [6.45, 7) is 4.00. The number of pyridine rings is 1. The molecule has 4 amide bonds. The summed E-state index contributed by atoms with van der Waals surface area (Å²) in [5.41, 5.74) is 0.743. The molecule has 0 saturated carbocycles. The number of hydrogen-bond acceptors (Lipinski definition) is 6. The Hall–Kier alpha value is -4.15. The van der Waals surface area contributed by atoms with Crippen molar-refractivity contribution in [2.45, 2.75) is 57.7 Å². The van der Waals surface area contributed by atoms with Gasteiger partial charge in [-0.15, -0.1) is 0 Å². The van der Waals surface area contributed by atoms with Crippen LogP contribution in [-0.4, -0.2) is 59.6 Å². The Morgan fingerprint density at radius 3 is 2.46 bits per heavy atom. The molecular weight excluding hydrogens is 505 g/mol. The molecule has 208 valence electrons. The summed E-state index contributed by atoms with van der Waals surface area (Å²) in [6.07, 6.45) is 4.27. The molecule has 1 saturated heterocycles. The van der Waals surface area contributed by atoms with Gasteiger partial charge >= 0.3 is 0 Å². The lowest BCUT2D eigenvalue weighted by atomic mass is 9.98. The van der Waals surface area contributed by atoms with E-state index in [4.69, 9.17) is 0 Å². The lowest BCUT2D eigenvalue weighted by Crippen LogP contribution is -2.57. The smallest absolute Gasteiger partial charge is 0.253 e. The molecule has 2 heterocycles. The zero-order chi connectivity index (χ0) is 28.4. The van der Waals surface area contributed by atoms with Crippen LogP contribution in [0.3, 0.4) is 0 Å². The Morgan fingerprint density at radius 1 is 1.10 bits per heavy atom. The van der Waals surface area contributed by atoms with Gasteiger partial charge in [0.1, 0.15) is 24.2 Å². The molecule has 0 bridgehead atoms. The number of nitrogens with one attached hydrogen (secondary N) is 4. The third-order valence-corrected chi connectivity index (χ3v) is 6.56. The van der Waals surface area contributed by atoms with Crippen LogP contribution in [-0.2, 0) is 25.6 Å². The number of carbonyl (C=O) groups excluding carboxylic acids is 5. The largest absolute Gasteiger partial charge is 0.356 e. The second kappa shape index (κ2) is 14.1. The second-order valence-corrected chi connectivity index (χ2v) is 10.0. The minimum absolute atomic E-state index is 0.0298. The van der Waals surface area contributed by atoms with Crippen LogP contribution in [0.15, 0.2) is 48.8 Å². The van der Waals surface area contributed by atoms with Gasteiger partial charge in [-0.25, -0.2) is 4.39 Å². The first-order chi connectivity index (χ1) is 18.7. The zero-order valence-corrected chi connectivity index (χ0v) is 22.0. The van der Waals surface area contributed by atoms with Crippen molar-refractivity contribution in [3.63, 3.8) is 0 Å². The van der Waals surface area contributed by atoms with Gasteiger partial charge in [-0.1, -0.05) is 44.2 Å². The Balaban J connectivity index is 1.70. The van der Waals surface area contributed by atoms with Crippen molar-refractivity contribution in [2.24, 2.45) is 11.8 Å². The topological polar surface area (TPSA) is 146 Å². The van der Waals surface area contributed by atoms with Gasteiger partial charge in [0.2, 0.25) is 17.7 Å². The van der Waals surface area contributed by atoms with E-state index in [1.807, 2.05) is 18.2 Å². The van der Waals surface area contributed by atoms with E-state index in [2.05, 4.69) is 26.3 Å². The van der Waals surface area contributed by atoms with Crippen LogP contribution in [0.4, 0.5) is 4.39 Å². The quantitative estimate of drug-likeness (QED) is 0.282. The van der Waals surface area contributed by atoms with Crippen LogP contribution in [0, 0.1) is 17.7 Å². The highest BCUT2D eigenvalue weighted by Crippen LogP contribution is 2.16. The molecule has 3 rings (SSSR count). The molecule has 2 aromatic rings. The van der Waals surface area contributed by atoms with Crippen molar-refractivity contribution in [3.8, 4) is 0 Å². The van der Waals surface area contributed by atoms with Gasteiger partial charge in [0, 0.05) is 25.6 Å². The molecule has 1 unspecified atom stereocenters. The van der Waals surface area contributed by atoms with Crippen molar-refractivity contribution >= 4 is 29.9 Å². The number of halogens is 1. The van der Waals surface area contributed by atoms with E-state index in [-0.39, 0.29) is 29.7 Å². The predicted octanol–water partition coefficient (Wildman–Crippen LogP) is 1.30. The first kappa shape index (κ1) is 29.4. The van der Waals surface area contributed by atoms with Gasteiger partial charge in [-0.2, -0.15) is 0 Å². The van der Waals surface area contributed by atoms with E-state index in [1.54, 1.807) is 26.0 Å². The molecule has 0 aliphatic carbocycles. The highest BCUT2D eigenvalue weighted by Gasteiger charge is 2.30. The van der Waals surface area contributed by atoms with E-state index < -0.39 is 41.7 Å². The first-order valence-corrected chi connectivity index (χ1v) is 12.9. The highest BCUT2D eigenvalue weighted by molar-refractivity contribution is 5.98. The number of aromatic nitrogens is 1. The second-order valence-electron chi connectivity index (χ2n) is 10.0. The van der Waals surface area contributed by atoms with Crippen LogP contribution in [0.2, 0.25) is 0 Å². The fourth-order valence-corrected chi connectivity index (χ4v) is 4.36. The number of amides is 4. The normalized spacial score (nSPS) is 17.0.